The van der Waals surface area contributed by atoms with Crippen LogP contribution in [0, 0.1) is 116 Å². The molecule has 360 valence electrons. The van der Waals surface area contributed by atoms with Crippen molar-refractivity contribution in [3.05, 3.63) is 230 Å². The molecule has 0 fully saturated rings. The minimum absolute atomic E-state index is 0.0602. The lowest BCUT2D eigenvalue weighted by atomic mass is 9.12. The Labute approximate surface area is 378 Å². The normalized spacial score (nSPS) is 11.5. The van der Waals surface area contributed by atoms with E-state index in [1.165, 1.54) is 16.5 Å². The quantitative estimate of drug-likeness (QED) is 0.0371. The predicted molar refractivity (Wildman–Crippen MR) is 209 cm³/mol. The molecule has 0 spiro atoms. The number of nitrogens with zero attached hydrogens (tertiary/aromatic N) is 1. The van der Waals surface area contributed by atoms with Gasteiger partial charge in [-0.3, -0.25) is 4.79 Å². The van der Waals surface area contributed by atoms with Crippen molar-refractivity contribution in [1.29, 1.82) is 0 Å². The van der Waals surface area contributed by atoms with E-state index in [4.69, 9.17) is 0 Å². The zero-order valence-electron chi connectivity index (χ0n) is 33.9. The Morgan fingerprint density at radius 1 is 0.329 bits per heavy atom. The van der Waals surface area contributed by atoms with E-state index in [1.807, 2.05) is 54.6 Å². The Hall–Kier alpha value is -7.72. The van der Waals surface area contributed by atoms with Crippen LogP contribution in [0.25, 0.3) is 10.9 Å². The molecule has 0 N–H and O–H groups in total. The molecular weight excluding hydrogens is 985 g/mol. The molecule has 0 radical (unpaired) electrons. The lowest BCUT2D eigenvalue weighted by molar-refractivity contribution is -0.662. The third-order valence-electron chi connectivity index (χ3n) is 11.1. The Bertz CT molecular complexity index is 3040. The number of hydrogen-bond acceptors (Lipinski definition) is 1. The van der Waals surface area contributed by atoms with Crippen molar-refractivity contribution < 1.29 is 97.2 Å². The number of aromatic nitrogens is 1. The van der Waals surface area contributed by atoms with Gasteiger partial charge in [0.25, 0.3) is 0 Å². The van der Waals surface area contributed by atoms with Crippen LogP contribution in [0.1, 0.15) is 21.5 Å². The molecule has 70 heavy (non-hydrogen) atoms. The third-order valence-corrected chi connectivity index (χ3v) is 11.1. The second-order valence-electron chi connectivity index (χ2n) is 14.9. The number of ketones is 1. The standard InChI is InChI=1S/C24BF20.C23H18NO/c26-5-1(6(27)14(35)21(42)13(5)34)25(2-7(28)15(36)22(43)16(37)8(2)29,3-9(30)17(38)23(44)18(39)10(3)31)4-11(32)19(40)24(45)20(41)12(4)33;25-23(20-8-2-1-3-9-20)21-14-12-18(13-15-21)17-24-16-6-10-19-7-4-5-11-22(19)24/h;1-16H,17H2/q-1;+1. The monoisotopic (exact) mass is 1000 g/mol. The molecule has 0 saturated carbocycles. The second-order valence-corrected chi connectivity index (χ2v) is 14.9. The summed E-state index contributed by atoms with van der Waals surface area (Å²) in [6.45, 7) is 0.779. The first-order chi connectivity index (χ1) is 33.0. The van der Waals surface area contributed by atoms with Gasteiger partial charge in [0.1, 0.15) is 52.7 Å². The summed E-state index contributed by atoms with van der Waals surface area (Å²) in [5, 5.41) is 1.22. The Kier molecular flexibility index (Phi) is 13.6. The number of hydrogen-bond donors (Lipinski definition) is 0. The molecule has 0 aliphatic rings. The van der Waals surface area contributed by atoms with Crippen molar-refractivity contribution >= 4 is 44.7 Å². The van der Waals surface area contributed by atoms with Gasteiger partial charge in [0, 0.05) is 34.2 Å². The summed E-state index contributed by atoms with van der Waals surface area (Å²) < 4.78 is 296. The van der Waals surface area contributed by atoms with Gasteiger partial charge in [-0.15, -0.1) is 21.9 Å². The molecule has 0 aliphatic carbocycles. The average molecular weight is 1000 g/mol. The van der Waals surface area contributed by atoms with E-state index < -0.39 is 144 Å². The summed E-state index contributed by atoms with van der Waals surface area (Å²) in [6.07, 6.45) is -5.13. The number of carbonyl (C=O) groups is 1. The van der Waals surface area contributed by atoms with Gasteiger partial charge in [-0.25, -0.2) is 87.8 Å². The average Bonchev–Trinajstić information content (AvgIpc) is 3.36. The molecule has 0 amide bonds. The summed E-state index contributed by atoms with van der Waals surface area (Å²) in [5.41, 5.74) is -10.5. The van der Waals surface area contributed by atoms with Gasteiger partial charge >= 0.3 is 0 Å². The highest BCUT2D eigenvalue weighted by molar-refractivity contribution is 7.20. The first-order valence-corrected chi connectivity index (χ1v) is 19.3. The van der Waals surface area contributed by atoms with Crippen molar-refractivity contribution in [2.24, 2.45) is 0 Å². The van der Waals surface area contributed by atoms with Crippen LogP contribution >= 0.6 is 0 Å². The molecule has 0 aliphatic heterocycles. The number of benzene rings is 7. The molecule has 0 atom stereocenters. The van der Waals surface area contributed by atoms with Crippen LogP contribution in [0.5, 0.6) is 0 Å². The maximum absolute atomic E-state index is 15.4. The maximum Gasteiger partial charge on any atom is 0.212 e. The Morgan fingerprint density at radius 2 is 0.614 bits per heavy atom. The third kappa shape index (κ3) is 7.95. The van der Waals surface area contributed by atoms with Crippen molar-refractivity contribution in [2.45, 2.75) is 6.54 Å². The van der Waals surface area contributed by atoms with Gasteiger partial charge in [-0.1, -0.05) is 66.7 Å². The van der Waals surface area contributed by atoms with E-state index in [0.29, 0.717) is 0 Å². The lowest BCUT2D eigenvalue weighted by Crippen LogP contribution is -2.81. The molecule has 1 aromatic heterocycles. The minimum atomic E-state index is -7.22. The van der Waals surface area contributed by atoms with Gasteiger partial charge in [0.2, 0.25) is 5.52 Å². The van der Waals surface area contributed by atoms with Crippen LogP contribution < -0.4 is 26.4 Å². The Balaban J connectivity index is 0.000000242. The van der Waals surface area contributed by atoms with Crippen molar-refractivity contribution in [2.75, 3.05) is 0 Å². The van der Waals surface area contributed by atoms with E-state index in [9.17, 15) is 57.5 Å². The lowest BCUT2D eigenvalue weighted by Gasteiger charge is -2.44. The van der Waals surface area contributed by atoms with E-state index >= 15 is 35.1 Å². The van der Waals surface area contributed by atoms with Crippen LogP contribution in [0.3, 0.4) is 0 Å². The fraction of sp³-hybridized carbons (Fsp3) is 0.0213. The van der Waals surface area contributed by atoms with Crippen molar-refractivity contribution in [3.8, 4) is 0 Å². The number of rotatable bonds is 8. The topological polar surface area (TPSA) is 20.9 Å². The number of fused-ring (bicyclic) bond motifs is 1. The van der Waals surface area contributed by atoms with Crippen LogP contribution in [0.15, 0.2) is 97.2 Å². The Morgan fingerprint density at radius 3 is 0.971 bits per heavy atom. The molecule has 0 unspecified atom stereocenters. The second kappa shape index (κ2) is 19.0. The van der Waals surface area contributed by atoms with Crippen LogP contribution in [0.2, 0.25) is 0 Å². The molecule has 8 aromatic rings. The summed E-state index contributed by atoms with van der Waals surface area (Å²) in [7, 11) is 0. The van der Waals surface area contributed by atoms with Crippen molar-refractivity contribution in [1.82, 2.24) is 0 Å². The summed E-state index contributed by atoms with van der Waals surface area (Å²) in [6, 6.07) is 29.8. The van der Waals surface area contributed by atoms with E-state index in [2.05, 4.69) is 47.2 Å². The number of para-hydroxylation sites is 1. The first kappa shape index (κ1) is 50.2. The zero-order valence-corrected chi connectivity index (χ0v) is 33.9. The summed E-state index contributed by atoms with van der Waals surface area (Å²) in [5.74, 6) is -71.3. The van der Waals surface area contributed by atoms with E-state index in [0.717, 1.165) is 17.7 Å². The predicted octanol–water partition coefficient (Wildman–Crippen LogP) is 10.3. The van der Waals surface area contributed by atoms with E-state index in [-0.39, 0.29) is 5.78 Å². The zero-order chi connectivity index (χ0) is 51.4. The molecule has 0 saturated heterocycles. The molecule has 0 bridgehead atoms. The highest BCUT2D eigenvalue weighted by Crippen LogP contribution is 2.31. The first-order valence-electron chi connectivity index (χ1n) is 19.3. The van der Waals surface area contributed by atoms with Gasteiger partial charge in [0.15, 0.2) is 88.3 Å². The van der Waals surface area contributed by atoms with Gasteiger partial charge < -0.3 is 0 Å². The molecule has 1 heterocycles. The fourth-order valence-electron chi connectivity index (χ4n) is 7.95. The number of halogens is 20. The summed E-state index contributed by atoms with van der Waals surface area (Å²) in [4.78, 5) is 12.5. The van der Waals surface area contributed by atoms with Crippen molar-refractivity contribution in [3.63, 3.8) is 0 Å². The van der Waals surface area contributed by atoms with Crippen LogP contribution in [0.4, 0.5) is 87.8 Å². The molecule has 8 rings (SSSR count). The van der Waals surface area contributed by atoms with Gasteiger partial charge in [0.05, 0.1) is 0 Å². The fourth-order valence-corrected chi connectivity index (χ4v) is 7.95. The highest BCUT2D eigenvalue weighted by atomic mass is 19.2. The smallest absolute Gasteiger partial charge is 0.212 e. The van der Waals surface area contributed by atoms with Gasteiger partial charge in [-0.05, 0) is 12.1 Å². The molecular formula is C47H18BF20NO. The molecule has 2 nitrogen and oxygen atoms in total. The SMILES string of the molecule is Fc1c(F)c(F)c([B-](c2c(F)c(F)c(F)c(F)c2F)(c2c(F)c(F)c(F)c(F)c2F)c2c(F)c(F)c(F)c(F)c2F)c(F)c1F.O=C(c1ccccc1)c1ccc(C[n+]2cccc3ccccc32)cc1. The largest absolute Gasteiger partial charge is 0.289 e. The maximum atomic E-state index is 15.4. The summed E-state index contributed by atoms with van der Waals surface area (Å²) >= 11 is 0. The highest BCUT2D eigenvalue weighted by Gasteiger charge is 2.52. The number of carbonyl (C=O) groups excluding carboxylic acids is 1. The molecule has 7 aromatic carbocycles. The van der Waals surface area contributed by atoms with E-state index in [1.54, 1.807) is 0 Å². The molecule has 23 heteroatoms. The van der Waals surface area contributed by atoms with Crippen LogP contribution in [-0.2, 0) is 6.54 Å². The minimum Gasteiger partial charge on any atom is -0.289 e. The number of pyridine rings is 1. The van der Waals surface area contributed by atoms with Gasteiger partial charge in [-0.2, -0.15) is 4.57 Å². The van der Waals surface area contributed by atoms with Crippen LogP contribution in [-0.4, -0.2) is 11.9 Å².